The predicted molar refractivity (Wildman–Crippen MR) is 141 cm³/mol. The molecule has 36 heavy (non-hydrogen) atoms. The number of hydrogen-bond donors (Lipinski definition) is 0. The molecule has 3 aliphatic rings. The number of rotatable bonds is 6. The van der Waals surface area contributed by atoms with Crippen LogP contribution in [0.4, 0.5) is 0 Å². The lowest BCUT2D eigenvalue weighted by Gasteiger charge is -2.11. The van der Waals surface area contributed by atoms with Crippen molar-refractivity contribution in [3.8, 4) is 18.0 Å². The minimum absolute atomic E-state index is 0.0419. The van der Waals surface area contributed by atoms with E-state index < -0.39 is 0 Å². The molecule has 9 nitrogen and oxygen atoms in total. The summed E-state index contributed by atoms with van der Waals surface area (Å²) >= 11 is 0. The second kappa shape index (κ2) is 15.5. The molecule has 0 amide bonds. The first-order valence-electron chi connectivity index (χ1n) is 14.3. The quantitative estimate of drug-likeness (QED) is 0.381. The molecule has 3 aliphatic carbocycles. The molecule has 0 saturated heterocycles. The number of aromatic nitrogens is 3. The molecule has 198 valence electrons. The van der Waals surface area contributed by atoms with E-state index in [1.807, 2.05) is 0 Å². The molecule has 1 heterocycles. The third kappa shape index (κ3) is 9.82. The van der Waals surface area contributed by atoms with Gasteiger partial charge in [-0.1, -0.05) is 73.3 Å². The Bertz CT molecular complexity index is 745. The van der Waals surface area contributed by atoms with Crippen molar-refractivity contribution in [2.75, 3.05) is 0 Å². The lowest BCUT2D eigenvalue weighted by atomic mass is 9.99. The molecule has 3 saturated carbocycles. The van der Waals surface area contributed by atoms with Gasteiger partial charge < -0.3 is 14.5 Å². The van der Waals surface area contributed by atoms with E-state index in [0.717, 1.165) is 94.2 Å². The van der Waals surface area contributed by atoms with Gasteiger partial charge in [0.15, 0.2) is 0 Å². The van der Waals surface area contributed by atoms with Crippen LogP contribution in [0.15, 0.2) is 15.5 Å². The molecule has 0 spiro atoms. The second-order valence-electron chi connectivity index (χ2n) is 10.2. The molecular weight excluding hydrogens is 456 g/mol. The third-order valence-electron chi connectivity index (χ3n) is 7.14. The lowest BCUT2D eigenvalue weighted by Crippen LogP contribution is -2.08. The van der Waals surface area contributed by atoms with Gasteiger partial charge in [-0.3, -0.25) is 0 Å². The summed E-state index contributed by atoms with van der Waals surface area (Å²) in [4.78, 5) is 29.8. The summed E-state index contributed by atoms with van der Waals surface area (Å²) in [6, 6.07) is 0.126. The van der Waals surface area contributed by atoms with Crippen molar-refractivity contribution in [1.29, 1.82) is 0 Å². The van der Waals surface area contributed by atoms with E-state index in [0.29, 0.717) is 0 Å². The van der Waals surface area contributed by atoms with Gasteiger partial charge in [-0.05, 0) is 77.0 Å². The van der Waals surface area contributed by atoms with Crippen molar-refractivity contribution < 1.29 is 14.5 Å². The van der Waals surface area contributed by atoms with Gasteiger partial charge in [-0.25, -0.2) is 0 Å². The Balaban J connectivity index is 1.48. The fraction of sp³-hybridized carbons (Fsp3) is 0.778. The summed E-state index contributed by atoms with van der Waals surface area (Å²) < 4.78 is 0. The maximum atomic E-state index is 5.65. The molecular formula is C27H42N6O3. The number of nitrogens with zero attached hydrogens (tertiary/aromatic N) is 6. The summed E-state index contributed by atoms with van der Waals surface area (Å²) in [5.74, 6) is 0. The van der Waals surface area contributed by atoms with Crippen molar-refractivity contribution in [2.45, 2.75) is 135 Å². The summed E-state index contributed by atoms with van der Waals surface area (Å²) in [5.41, 5.74) is 3.14. The van der Waals surface area contributed by atoms with Crippen LogP contribution in [-0.4, -0.2) is 32.1 Å². The smallest absolute Gasteiger partial charge is 0.315 e. The Morgan fingerprint density at radius 3 is 0.806 bits per heavy atom. The lowest BCUT2D eigenvalue weighted by molar-refractivity contribution is 0.247. The molecule has 0 bridgehead atoms. The zero-order chi connectivity index (χ0) is 24.7. The Hall–Kier alpha value is -2.58. The van der Waals surface area contributed by atoms with Crippen molar-refractivity contribution in [3.63, 3.8) is 0 Å². The van der Waals surface area contributed by atoms with Crippen LogP contribution in [0.1, 0.15) is 135 Å². The Morgan fingerprint density at radius 2 is 0.556 bits per heavy atom. The van der Waals surface area contributed by atoms with Gasteiger partial charge in [-0.15, -0.1) is 15.0 Å². The molecule has 0 radical (unpaired) electrons. The molecule has 4 rings (SSSR count). The standard InChI is InChI=1S/C27H42N6O3/c1-4-10-16-22(17-11-5-1)31-34-25-28-26(35-32-23-18-12-6-2-7-13-19-23)30-27(29-25)36-33-24-20-14-8-3-9-15-21-24/h1-21H2. The van der Waals surface area contributed by atoms with Gasteiger partial charge in [0.25, 0.3) is 0 Å². The average molecular weight is 499 g/mol. The largest absolute Gasteiger partial charge is 0.355 e. The molecule has 0 aliphatic heterocycles. The van der Waals surface area contributed by atoms with Crippen molar-refractivity contribution in [1.82, 2.24) is 15.0 Å². The van der Waals surface area contributed by atoms with E-state index in [9.17, 15) is 0 Å². The summed E-state index contributed by atoms with van der Waals surface area (Å²) in [6.07, 6.45) is 23.8. The molecule has 3 fully saturated rings. The highest BCUT2D eigenvalue weighted by Gasteiger charge is 2.14. The summed E-state index contributed by atoms with van der Waals surface area (Å²) in [6.45, 7) is 0. The van der Waals surface area contributed by atoms with Crippen molar-refractivity contribution in [2.24, 2.45) is 15.5 Å². The highest BCUT2D eigenvalue weighted by atomic mass is 16.7. The topological polar surface area (TPSA) is 103 Å². The average Bonchev–Trinajstić information content (AvgIpc) is 2.82. The van der Waals surface area contributed by atoms with Gasteiger partial charge in [0.1, 0.15) is 0 Å². The zero-order valence-corrected chi connectivity index (χ0v) is 21.8. The van der Waals surface area contributed by atoms with Crippen LogP contribution in [0, 0.1) is 0 Å². The minimum atomic E-state index is 0.0419. The van der Waals surface area contributed by atoms with E-state index in [-0.39, 0.29) is 18.0 Å². The SMILES string of the molecule is C1CCCC(=NOc2nc(ON=C3CCCCCCC3)nc(ON=C3CCCCCCC3)n2)CCC1. The van der Waals surface area contributed by atoms with Crippen LogP contribution in [-0.2, 0) is 0 Å². The van der Waals surface area contributed by atoms with Crippen LogP contribution in [0.25, 0.3) is 0 Å². The Morgan fingerprint density at radius 1 is 0.333 bits per heavy atom. The highest BCUT2D eigenvalue weighted by Crippen LogP contribution is 2.21. The van der Waals surface area contributed by atoms with E-state index in [4.69, 9.17) is 14.5 Å². The molecule has 9 heteroatoms. The predicted octanol–water partition coefficient (Wildman–Crippen LogP) is 7.31. The molecule has 0 unspecified atom stereocenters. The normalized spacial score (nSPS) is 20.5. The fourth-order valence-electron chi connectivity index (χ4n) is 4.97. The molecule has 1 aromatic rings. The third-order valence-corrected chi connectivity index (χ3v) is 7.14. The van der Waals surface area contributed by atoms with Crippen molar-refractivity contribution >= 4 is 17.1 Å². The van der Waals surface area contributed by atoms with Gasteiger partial charge in [-0.2, -0.15) is 0 Å². The first-order chi connectivity index (χ1) is 17.8. The maximum absolute atomic E-state index is 5.65. The number of hydrogen-bond acceptors (Lipinski definition) is 9. The van der Waals surface area contributed by atoms with Crippen LogP contribution < -0.4 is 14.5 Å². The van der Waals surface area contributed by atoms with Crippen LogP contribution in [0.5, 0.6) is 18.0 Å². The van der Waals surface area contributed by atoms with Crippen molar-refractivity contribution in [3.05, 3.63) is 0 Å². The Labute approximate surface area is 215 Å². The van der Waals surface area contributed by atoms with E-state index in [1.165, 1.54) is 57.8 Å². The van der Waals surface area contributed by atoms with Gasteiger partial charge >= 0.3 is 18.0 Å². The molecule has 1 aromatic heterocycles. The van der Waals surface area contributed by atoms with Crippen LogP contribution in [0.3, 0.4) is 0 Å². The highest BCUT2D eigenvalue weighted by molar-refractivity contribution is 5.84. The first kappa shape index (κ1) is 26.5. The van der Waals surface area contributed by atoms with Crippen LogP contribution in [0.2, 0.25) is 0 Å². The van der Waals surface area contributed by atoms with E-state index in [2.05, 4.69) is 30.4 Å². The first-order valence-corrected chi connectivity index (χ1v) is 14.3. The number of oxime groups is 3. The Kier molecular flexibility index (Phi) is 11.4. The minimum Gasteiger partial charge on any atom is -0.315 e. The van der Waals surface area contributed by atoms with Gasteiger partial charge in [0.05, 0.1) is 17.1 Å². The van der Waals surface area contributed by atoms with E-state index in [1.54, 1.807) is 0 Å². The van der Waals surface area contributed by atoms with E-state index >= 15 is 0 Å². The van der Waals surface area contributed by atoms with Gasteiger partial charge in [0.2, 0.25) is 0 Å². The summed E-state index contributed by atoms with van der Waals surface area (Å²) in [7, 11) is 0. The molecule has 0 atom stereocenters. The summed E-state index contributed by atoms with van der Waals surface area (Å²) in [5, 5.41) is 13.1. The van der Waals surface area contributed by atoms with Crippen LogP contribution >= 0.6 is 0 Å². The fourth-order valence-corrected chi connectivity index (χ4v) is 4.97. The second-order valence-corrected chi connectivity index (χ2v) is 10.2. The zero-order valence-electron chi connectivity index (χ0n) is 21.8. The molecule has 0 N–H and O–H groups in total. The van der Waals surface area contributed by atoms with Gasteiger partial charge in [0, 0.05) is 0 Å². The maximum Gasteiger partial charge on any atom is 0.355 e. The molecule has 0 aromatic carbocycles. The monoisotopic (exact) mass is 498 g/mol.